The molecule has 3 atom stereocenters. The number of hydrogen-bond acceptors (Lipinski definition) is 3. The van der Waals surface area contributed by atoms with Crippen molar-refractivity contribution >= 4 is 5.78 Å². The average molecular weight is 259 g/mol. The number of carbonyl (C=O) groups is 1. The zero-order valence-electron chi connectivity index (χ0n) is 11.8. The average Bonchev–Trinajstić information content (AvgIpc) is 3.02. The molecule has 1 aromatic carbocycles. The minimum Gasteiger partial charge on any atom is -0.496 e. The number of ketones is 1. The van der Waals surface area contributed by atoms with Crippen LogP contribution >= 0.6 is 0 Å². The van der Waals surface area contributed by atoms with E-state index in [4.69, 9.17) is 4.74 Å². The number of aryl methyl sites for hydroxylation is 2. The van der Waals surface area contributed by atoms with Crippen LogP contribution in [0.15, 0.2) is 12.1 Å². The Hall–Kier alpha value is -1.35. The summed E-state index contributed by atoms with van der Waals surface area (Å²) in [6.45, 7) is 3.99. The molecule has 0 aromatic heterocycles. The van der Waals surface area contributed by atoms with Crippen LogP contribution in [0.1, 0.15) is 40.7 Å². The van der Waals surface area contributed by atoms with Gasteiger partial charge in [0.2, 0.25) is 0 Å². The predicted molar refractivity (Wildman–Crippen MR) is 74.9 cm³/mol. The molecule has 0 spiro atoms. The summed E-state index contributed by atoms with van der Waals surface area (Å²) in [6, 6.07) is 4.93. The van der Waals surface area contributed by atoms with E-state index < -0.39 is 0 Å². The lowest BCUT2D eigenvalue weighted by Crippen LogP contribution is -2.29. The predicted octanol–water partition coefficient (Wildman–Crippen LogP) is 2.64. The van der Waals surface area contributed by atoms with Crippen molar-refractivity contribution in [1.82, 2.24) is 5.32 Å². The van der Waals surface area contributed by atoms with E-state index in [1.165, 1.54) is 6.42 Å². The summed E-state index contributed by atoms with van der Waals surface area (Å²) < 4.78 is 5.31. The van der Waals surface area contributed by atoms with E-state index in [1.807, 2.05) is 26.0 Å². The lowest BCUT2D eigenvalue weighted by Gasteiger charge is -2.20. The summed E-state index contributed by atoms with van der Waals surface area (Å²) in [5.74, 6) is 1.34. The standard InChI is InChI=1S/C16H21NO2/c1-9-7-15(19-3)10(2)6-12(9)16(18)13-8-11-4-5-14(13)17-11/h6-7,11,13-14,17H,4-5,8H2,1-3H3. The maximum Gasteiger partial charge on any atom is 0.167 e. The van der Waals surface area contributed by atoms with Gasteiger partial charge in [-0.3, -0.25) is 4.79 Å². The first-order valence-electron chi connectivity index (χ1n) is 7.05. The maximum absolute atomic E-state index is 12.7. The highest BCUT2D eigenvalue weighted by atomic mass is 16.5. The van der Waals surface area contributed by atoms with E-state index in [0.29, 0.717) is 17.9 Å². The summed E-state index contributed by atoms with van der Waals surface area (Å²) in [4.78, 5) is 12.7. The van der Waals surface area contributed by atoms with E-state index in [9.17, 15) is 4.79 Å². The minimum absolute atomic E-state index is 0.172. The number of fused-ring (bicyclic) bond motifs is 2. The van der Waals surface area contributed by atoms with Gasteiger partial charge in [-0.1, -0.05) is 0 Å². The molecule has 19 heavy (non-hydrogen) atoms. The lowest BCUT2D eigenvalue weighted by molar-refractivity contribution is 0.0900. The first-order valence-corrected chi connectivity index (χ1v) is 7.05. The van der Waals surface area contributed by atoms with Crippen molar-refractivity contribution in [3.8, 4) is 5.75 Å². The van der Waals surface area contributed by atoms with Crippen LogP contribution in [0.25, 0.3) is 0 Å². The zero-order valence-corrected chi connectivity index (χ0v) is 11.8. The topological polar surface area (TPSA) is 38.3 Å². The summed E-state index contributed by atoms with van der Waals surface area (Å²) >= 11 is 0. The summed E-state index contributed by atoms with van der Waals surface area (Å²) in [5, 5.41) is 3.54. The molecular weight excluding hydrogens is 238 g/mol. The van der Waals surface area contributed by atoms with E-state index in [-0.39, 0.29) is 5.92 Å². The second-order valence-corrected chi connectivity index (χ2v) is 5.89. The Morgan fingerprint density at radius 1 is 1.26 bits per heavy atom. The van der Waals surface area contributed by atoms with Gasteiger partial charge in [-0.2, -0.15) is 0 Å². The Labute approximate surface area is 114 Å². The highest BCUT2D eigenvalue weighted by Gasteiger charge is 2.43. The van der Waals surface area contributed by atoms with Crippen LogP contribution in [0.2, 0.25) is 0 Å². The Kier molecular flexibility index (Phi) is 3.09. The number of benzene rings is 1. The third-order valence-electron chi connectivity index (χ3n) is 4.64. The van der Waals surface area contributed by atoms with Crippen molar-refractivity contribution in [3.63, 3.8) is 0 Å². The Balaban J connectivity index is 1.90. The van der Waals surface area contributed by atoms with Crippen molar-refractivity contribution in [1.29, 1.82) is 0 Å². The van der Waals surface area contributed by atoms with E-state index in [2.05, 4.69) is 5.32 Å². The highest BCUT2D eigenvalue weighted by molar-refractivity contribution is 6.00. The third-order valence-corrected chi connectivity index (χ3v) is 4.64. The van der Waals surface area contributed by atoms with Crippen LogP contribution < -0.4 is 10.1 Å². The number of ether oxygens (including phenoxy) is 1. The Bertz CT molecular complexity index is 524. The fourth-order valence-corrected chi connectivity index (χ4v) is 3.59. The van der Waals surface area contributed by atoms with Crippen LogP contribution in [-0.4, -0.2) is 25.0 Å². The summed E-state index contributed by atoms with van der Waals surface area (Å²) in [5.41, 5.74) is 2.93. The van der Waals surface area contributed by atoms with Crippen molar-refractivity contribution in [2.45, 2.75) is 45.2 Å². The number of Topliss-reactive ketones (excluding diaryl/α,β-unsaturated/α-hetero) is 1. The molecule has 2 aliphatic heterocycles. The van der Waals surface area contributed by atoms with Gasteiger partial charge in [0.05, 0.1) is 7.11 Å². The molecule has 0 radical (unpaired) electrons. The molecule has 3 rings (SSSR count). The molecule has 102 valence electrons. The largest absolute Gasteiger partial charge is 0.496 e. The van der Waals surface area contributed by atoms with Gasteiger partial charge in [-0.25, -0.2) is 0 Å². The highest BCUT2D eigenvalue weighted by Crippen LogP contribution is 2.36. The minimum atomic E-state index is 0.172. The van der Waals surface area contributed by atoms with Crippen molar-refractivity contribution in [3.05, 3.63) is 28.8 Å². The molecule has 1 aromatic rings. The van der Waals surface area contributed by atoms with Gasteiger partial charge >= 0.3 is 0 Å². The Morgan fingerprint density at radius 2 is 2.05 bits per heavy atom. The number of nitrogens with one attached hydrogen (secondary N) is 1. The first-order chi connectivity index (χ1) is 9.10. The molecule has 0 aliphatic carbocycles. The second kappa shape index (κ2) is 4.64. The van der Waals surface area contributed by atoms with Gasteiger partial charge in [-0.15, -0.1) is 0 Å². The van der Waals surface area contributed by atoms with E-state index in [0.717, 1.165) is 35.3 Å². The molecule has 3 unspecified atom stereocenters. The fraction of sp³-hybridized carbons (Fsp3) is 0.562. The van der Waals surface area contributed by atoms with Crippen LogP contribution in [0.4, 0.5) is 0 Å². The number of carbonyl (C=O) groups excluding carboxylic acids is 1. The van der Waals surface area contributed by atoms with Crippen LogP contribution in [0.5, 0.6) is 5.75 Å². The molecule has 3 nitrogen and oxygen atoms in total. The van der Waals surface area contributed by atoms with Crippen molar-refractivity contribution in [2.75, 3.05) is 7.11 Å². The number of hydrogen-bond donors (Lipinski definition) is 1. The molecule has 2 bridgehead atoms. The number of methoxy groups -OCH3 is 1. The molecule has 0 saturated carbocycles. The smallest absolute Gasteiger partial charge is 0.167 e. The van der Waals surface area contributed by atoms with Gasteiger partial charge in [0.15, 0.2) is 5.78 Å². The Morgan fingerprint density at radius 3 is 2.63 bits per heavy atom. The quantitative estimate of drug-likeness (QED) is 0.848. The van der Waals surface area contributed by atoms with E-state index in [1.54, 1.807) is 7.11 Å². The summed E-state index contributed by atoms with van der Waals surface area (Å²) in [6.07, 6.45) is 3.39. The molecule has 2 aliphatic rings. The zero-order chi connectivity index (χ0) is 13.6. The van der Waals surface area contributed by atoms with Gasteiger partial charge in [0, 0.05) is 23.6 Å². The van der Waals surface area contributed by atoms with Crippen LogP contribution in [0.3, 0.4) is 0 Å². The molecular formula is C16H21NO2. The molecule has 1 N–H and O–H groups in total. The molecule has 0 amide bonds. The SMILES string of the molecule is COc1cc(C)c(C(=O)C2CC3CCC2N3)cc1C. The van der Waals surface area contributed by atoms with Crippen molar-refractivity contribution < 1.29 is 9.53 Å². The third kappa shape index (κ3) is 2.06. The van der Waals surface area contributed by atoms with Gasteiger partial charge in [-0.05, 0) is 56.4 Å². The van der Waals surface area contributed by atoms with Gasteiger partial charge < -0.3 is 10.1 Å². The van der Waals surface area contributed by atoms with E-state index >= 15 is 0 Å². The van der Waals surface area contributed by atoms with Gasteiger partial charge in [0.1, 0.15) is 5.75 Å². The van der Waals surface area contributed by atoms with Crippen LogP contribution in [0, 0.1) is 19.8 Å². The van der Waals surface area contributed by atoms with Crippen molar-refractivity contribution in [2.24, 2.45) is 5.92 Å². The van der Waals surface area contributed by atoms with Gasteiger partial charge in [0.25, 0.3) is 0 Å². The molecule has 2 saturated heterocycles. The molecule has 3 heteroatoms. The molecule has 2 fully saturated rings. The maximum atomic E-state index is 12.7. The molecule has 2 heterocycles. The first kappa shape index (κ1) is 12.7. The normalized spacial score (nSPS) is 28.7. The lowest BCUT2D eigenvalue weighted by atomic mass is 9.82. The fourth-order valence-electron chi connectivity index (χ4n) is 3.59. The van der Waals surface area contributed by atoms with Crippen LogP contribution in [-0.2, 0) is 0 Å². The monoisotopic (exact) mass is 259 g/mol. The number of rotatable bonds is 3. The summed E-state index contributed by atoms with van der Waals surface area (Å²) in [7, 11) is 1.67. The second-order valence-electron chi connectivity index (χ2n) is 5.89.